The SMILES string of the molecule is CCCNC1CCC(C(C)C)CC1CN(C)C(C)CSC. The van der Waals surface area contributed by atoms with Gasteiger partial charge in [0.1, 0.15) is 0 Å². The molecule has 4 unspecified atom stereocenters. The third-order valence-electron chi connectivity index (χ3n) is 5.31. The summed E-state index contributed by atoms with van der Waals surface area (Å²) in [4.78, 5) is 2.59. The van der Waals surface area contributed by atoms with Crippen LogP contribution in [0.3, 0.4) is 0 Å². The highest BCUT2D eigenvalue weighted by Gasteiger charge is 2.32. The third-order valence-corrected chi connectivity index (χ3v) is 6.12. The molecule has 2 nitrogen and oxygen atoms in total. The van der Waals surface area contributed by atoms with Crippen LogP contribution in [0.15, 0.2) is 0 Å². The lowest BCUT2D eigenvalue weighted by Crippen LogP contribution is -2.47. The van der Waals surface area contributed by atoms with E-state index in [4.69, 9.17) is 0 Å². The van der Waals surface area contributed by atoms with Gasteiger partial charge < -0.3 is 10.2 Å². The van der Waals surface area contributed by atoms with E-state index in [1.54, 1.807) is 0 Å². The van der Waals surface area contributed by atoms with Crippen LogP contribution in [-0.4, -0.2) is 49.1 Å². The Balaban J connectivity index is 2.60. The molecule has 4 atom stereocenters. The van der Waals surface area contributed by atoms with Crippen molar-refractivity contribution in [2.24, 2.45) is 17.8 Å². The zero-order chi connectivity index (χ0) is 15.8. The highest BCUT2D eigenvalue weighted by Crippen LogP contribution is 2.34. The second-order valence-electron chi connectivity index (χ2n) is 7.38. The zero-order valence-corrected chi connectivity index (χ0v) is 16.0. The van der Waals surface area contributed by atoms with Crippen LogP contribution in [0.1, 0.15) is 53.4 Å². The highest BCUT2D eigenvalue weighted by atomic mass is 32.2. The molecule has 1 aliphatic carbocycles. The number of rotatable bonds is 9. The van der Waals surface area contributed by atoms with Gasteiger partial charge in [0.15, 0.2) is 0 Å². The Morgan fingerprint density at radius 3 is 2.52 bits per heavy atom. The van der Waals surface area contributed by atoms with Gasteiger partial charge in [-0.15, -0.1) is 0 Å². The van der Waals surface area contributed by atoms with Gasteiger partial charge in [-0.2, -0.15) is 11.8 Å². The minimum Gasteiger partial charge on any atom is -0.314 e. The van der Waals surface area contributed by atoms with Crippen molar-refractivity contribution in [1.29, 1.82) is 0 Å². The van der Waals surface area contributed by atoms with Crippen LogP contribution in [0.5, 0.6) is 0 Å². The molecule has 0 aromatic rings. The fraction of sp³-hybridized carbons (Fsp3) is 1.00. The summed E-state index contributed by atoms with van der Waals surface area (Å²) >= 11 is 1.96. The summed E-state index contributed by atoms with van der Waals surface area (Å²) in [5.74, 6) is 3.84. The van der Waals surface area contributed by atoms with Crippen molar-refractivity contribution in [3.63, 3.8) is 0 Å². The van der Waals surface area contributed by atoms with E-state index in [-0.39, 0.29) is 0 Å². The van der Waals surface area contributed by atoms with Crippen LogP contribution in [0.2, 0.25) is 0 Å². The van der Waals surface area contributed by atoms with Gasteiger partial charge in [0.2, 0.25) is 0 Å². The number of nitrogens with one attached hydrogen (secondary N) is 1. The Hall–Kier alpha value is 0.270. The maximum atomic E-state index is 3.83. The normalized spacial score (nSPS) is 28.3. The predicted molar refractivity (Wildman–Crippen MR) is 98.2 cm³/mol. The van der Waals surface area contributed by atoms with E-state index in [1.165, 1.54) is 44.5 Å². The van der Waals surface area contributed by atoms with Gasteiger partial charge >= 0.3 is 0 Å². The molecule has 0 amide bonds. The first-order valence-corrected chi connectivity index (χ1v) is 10.3. The number of hydrogen-bond acceptors (Lipinski definition) is 3. The summed E-state index contributed by atoms with van der Waals surface area (Å²) in [6, 6.07) is 1.43. The molecule has 0 spiro atoms. The predicted octanol–water partition coefficient (Wildman–Crippen LogP) is 4.11. The van der Waals surface area contributed by atoms with Crippen molar-refractivity contribution in [3.8, 4) is 0 Å². The van der Waals surface area contributed by atoms with Crippen molar-refractivity contribution in [3.05, 3.63) is 0 Å². The lowest BCUT2D eigenvalue weighted by atomic mass is 9.73. The molecule has 0 radical (unpaired) electrons. The summed E-state index contributed by atoms with van der Waals surface area (Å²) in [6.07, 6.45) is 7.66. The van der Waals surface area contributed by atoms with Crippen LogP contribution in [-0.2, 0) is 0 Å². The molecule has 1 rings (SSSR count). The van der Waals surface area contributed by atoms with Gasteiger partial charge in [-0.05, 0) is 70.2 Å². The first kappa shape index (κ1) is 19.3. The van der Waals surface area contributed by atoms with E-state index in [0.717, 1.165) is 23.8 Å². The maximum absolute atomic E-state index is 3.83. The lowest BCUT2D eigenvalue weighted by Gasteiger charge is -2.41. The molecule has 0 heterocycles. The Kier molecular flexibility index (Phi) is 9.31. The Labute approximate surface area is 137 Å². The third kappa shape index (κ3) is 6.50. The number of thioether (sulfide) groups is 1. The average molecular weight is 315 g/mol. The quantitative estimate of drug-likeness (QED) is 0.689. The zero-order valence-electron chi connectivity index (χ0n) is 15.2. The summed E-state index contributed by atoms with van der Waals surface area (Å²) in [5.41, 5.74) is 0. The molecule has 1 N–H and O–H groups in total. The molecule has 126 valence electrons. The molecule has 0 aromatic carbocycles. The fourth-order valence-corrected chi connectivity index (χ4v) is 4.36. The minimum absolute atomic E-state index is 0.686. The van der Waals surface area contributed by atoms with Crippen LogP contribution >= 0.6 is 11.8 Å². The van der Waals surface area contributed by atoms with Gasteiger partial charge in [0.25, 0.3) is 0 Å². The van der Waals surface area contributed by atoms with Crippen molar-refractivity contribution < 1.29 is 0 Å². The standard InChI is InChI=1S/C18H38N2S/c1-7-10-19-18-9-8-16(14(2)3)11-17(18)12-20(5)15(4)13-21-6/h14-19H,7-13H2,1-6H3. The molecule has 0 saturated heterocycles. The molecular formula is C18H38N2S. The van der Waals surface area contributed by atoms with Gasteiger partial charge in [-0.3, -0.25) is 0 Å². The average Bonchev–Trinajstić information content (AvgIpc) is 2.45. The summed E-state index contributed by atoms with van der Waals surface area (Å²) in [6.45, 7) is 11.9. The van der Waals surface area contributed by atoms with Gasteiger partial charge in [0.05, 0.1) is 0 Å². The first-order valence-electron chi connectivity index (χ1n) is 8.92. The van der Waals surface area contributed by atoms with Crippen molar-refractivity contribution in [1.82, 2.24) is 10.2 Å². The Morgan fingerprint density at radius 1 is 1.24 bits per heavy atom. The van der Waals surface area contributed by atoms with E-state index in [9.17, 15) is 0 Å². The lowest BCUT2D eigenvalue weighted by molar-refractivity contribution is 0.121. The van der Waals surface area contributed by atoms with Crippen LogP contribution < -0.4 is 5.32 Å². The van der Waals surface area contributed by atoms with Gasteiger partial charge in [0, 0.05) is 24.4 Å². The van der Waals surface area contributed by atoms with Crippen molar-refractivity contribution in [2.75, 3.05) is 32.1 Å². The van der Waals surface area contributed by atoms with Gasteiger partial charge in [-0.25, -0.2) is 0 Å². The van der Waals surface area contributed by atoms with E-state index in [0.29, 0.717) is 6.04 Å². The number of hydrogen-bond donors (Lipinski definition) is 1. The molecule has 3 heteroatoms. The molecule has 1 fully saturated rings. The maximum Gasteiger partial charge on any atom is 0.0155 e. The van der Waals surface area contributed by atoms with Gasteiger partial charge in [-0.1, -0.05) is 20.8 Å². The fourth-order valence-electron chi connectivity index (χ4n) is 3.62. The second kappa shape index (κ2) is 10.1. The minimum atomic E-state index is 0.686. The Bertz CT molecular complexity index is 270. The van der Waals surface area contributed by atoms with Crippen LogP contribution in [0, 0.1) is 17.8 Å². The molecule has 0 aliphatic heterocycles. The van der Waals surface area contributed by atoms with Crippen molar-refractivity contribution in [2.45, 2.75) is 65.5 Å². The topological polar surface area (TPSA) is 15.3 Å². The molecule has 21 heavy (non-hydrogen) atoms. The van der Waals surface area contributed by atoms with E-state index >= 15 is 0 Å². The molecule has 1 saturated carbocycles. The van der Waals surface area contributed by atoms with Crippen LogP contribution in [0.25, 0.3) is 0 Å². The monoisotopic (exact) mass is 314 g/mol. The summed E-state index contributed by atoms with van der Waals surface area (Å²) in [5, 5.41) is 3.83. The Morgan fingerprint density at radius 2 is 1.95 bits per heavy atom. The molecule has 0 bridgehead atoms. The summed E-state index contributed by atoms with van der Waals surface area (Å²) in [7, 11) is 2.32. The van der Waals surface area contributed by atoms with E-state index in [1.807, 2.05) is 11.8 Å². The summed E-state index contributed by atoms with van der Waals surface area (Å²) < 4.78 is 0. The largest absolute Gasteiger partial charge is 0.314 e. The van der Waals surface area contributed by atoms with E-state index < -0.39 is 0 Å². The van der Waals surface area contributed by atoms with E-state index in [2.05, 4.69) is 51.2 Å². The second-order valence-corrected chi connectivity index (χ2v) is 8.29. The highest BCUT2D eigenvalue weighted by molar-refractivity contribution is 7.98. The van der Waals surface area contributed by atoms with Crippen LogP contribution in [0.4, 0.5) is 0 Å². The molecule has 0 aromatic heterocycles. The first-order chi connectivity index (χ1) is 9.99. The smallest absolute Gasteiger partial charge is 0.0155 e. The molecule has 1 aliphatic rings. The number of nitrogens with zero attached hydrogens (tertiary/aromatic N) is 1. The molecular weight excluding hydrogens is 276 g/mol. The van der Waals surface area contributed by atoms with Crippen molar-refractivity contribution >= 4 is 11.8 Å².